The van der Waals surface area contributed by atoms with Crippen LogP contribution in [0, 0.1) is 0 Å². The summed E-state index contributed by atoms with van der Waals surface area (Å²) >= 11 is 0. The molecule has 0 saturated carbocycles. The number of allylic oxidation sites excluding steroid dienone is 7. The van der Waals surface area contributed by atoms with E-state index < -0.39 is 43.0 Å². The molecule has 0 aliphatic rings. The van der Waals surface area contributed by atoms with Crippen molar-refractivity contribution < 1.29 is 39.5 Å². The molecule has 0 rings (SSSR count). The second-order valence-electron chi connectivity index (χ2n) is 12.1. The van der Waals surface area contributed by atoms with Gasteiger partial charge in [-0.05, 0) is 32.1 Å². The van der Waals surface area contributed by atoms with Crippen molar-refractivity contribution in [1.29, 1.82) is 0 Å². The normalized spacial score (nSPS) is 14.9. The van der Waals surface area contributed by atoms with Crippen molar-refractivity contribution in [3.63, 3.8) is 0 Å². The number of aliphatic hydroxyl groups excluding tert-OH is 4. The van der Waals surface area contributed by atoms with E-state index in [1.165, 1.54) is 70.3 Å². The van der Waals surface area contributed by atoms with Crippen molar-refractivity contribution in [2.75, 3.05) is 13.2 Å². The third-order valence-electron chi connectivity index (χ3n) is 7.67. The Morgan fingerprint density at radius 2 is 1.17 bits per heavy atom. The molecular weight excluding hydrogens is 596 g/mol. The van der Waals surface area contributed by atoms with Gasteiger partial charge in [-0.1, -0.05) is 152 Å². The van der Waals surface area contributed by atoms with Gasteiger partial charge in [-0.3, -0.25) is 9.59 Å². The summed E-state index contributed by atoms with van der Waals surface area (Å²) in [5.41, 5.74) is 0. The van der Waals surface area contributed by atoms with Crippen LogP contribution in [0.25, 0.3) is 0 Å². The topological polar surface area (TPSA) is 134 Å². The highest BCUT2D eigenvalue weighted by atomic mass is 16.6. The first-order chi connectivity index (χ1) is 22.8. The van der Waals surface area contributed by atoms with Crippen molar-refractivity contribution in [2.24, 2.45) is 0 Å². The van der Waals surface area contributed by atoms with E-state index in [-0.39, 0.29) is 25.9 Å². The Labute approximate surface area is 285 Å². The predicted octanol–water partition coefficient (Wildman–Crippen LogP) is 7.75. The number of carbonyl (C=O) groups excluding carboxylic acids is 2. The minimum Gasteiger partial charge on any atom is -0.462 e. The van der Waals surface area contributed by atoms with Gasteiger partial charge in [0.2, 0.25) is 0 Å². The Morgan fingerprint density at radius 3 is 1.74 bits per heavy atom. The number of ether oxygens (including phenoxy) is 2. The van der Waals surface area contributed by atoms with Gasteiger partial charge in [0.1, 0.15) is 6.61 Å². The maximum absolute atomic E-state index is 12.1. The van der Waals surface area contributed by atoms with Crippen molar-refractivity contribution >= 4 is 11.9 Å². The van der Waals surface area contributed by atoms with E-state index >= 15 is 0 Å². The second kappa shape index (κ2) is 33.4. The number of unbranched alkanes of at least 4 members (excludes halogenated alkanes) is 12. The molecule has 0 bridgehead atoms. The monoisotopic (exact) mass is 662 g/mol. The highest BCUT2D eigenvalue weighted by molar-refractivity contribution is 5.70. The molecule has 47 heavy (non-hydrogen) atoms. The lowest BCUT2D eigenvalue weighted by atomic mass is 10.0. The summed E-state index contributed by atoms with van der Waals surface area (Å²) in [6.45, 7) is 3.63. The average molecular weight is 663 g/mol. The smallest absolute Gasteiger partial charge is 0.306 e. The van der Waals surface area contributed by atoms with Gasteiger partial charge in [-0.15, -0.1) is 0 Å². The highest BCUT2D eigenvalue weighted by Crippen LogP contribution is 2.14. The molecule has 270 valence electrons. The van der Waals surface area contributed by atoms with E-state index in [1.807, 2.05) is 19.1 Å². The van der Waals surface area contributed by atoms with Crippen molar-refractivity contribution in [1.82, 2.24) is 0 Å². The molecule has 8 nitrogen and oxygen atoms in total. The predicted molar refractivity (Wildman–Crippen MR) is 191 cm³/mol. The Kier molecular flexibility index (Phi) is 31.6. The van der Waals surface area contributed by atoms with Gasteiger partial charge in [0, 0.05) is 12.8 Å². The highest BCUT2D eigenvalue weighted by Gasteiger charge is 2.17. The molecule has 0 aliphatic carbocycles. The third-order valence-corrected chi connectivity index (χ3v) is 7.67. The fraction of sp³-hybridized carbons (Fsp3) is 0.692. The Bertz CT molecular complexity index is 891. The lowest BCUT2D eigenvalue weighted by molar-refractivity contribution is -0.161. The molecule has 4 atom stereocenters. The quantitative estimate of drug-likeness (QED) is 0.0256. The lowest BCUT2D eigenvalue weighted by Gasteiger charge is -2.16. The molecule has 0 unspecified atom stereocenters. The van der Waals surface area contributed by atoms with Crippen LogP contribution in [0.15, 0.2) is 60.8 Å². The largest absolute Gasteiger partial charge is 0.462 e. The van der Waals surface area contributed by atoms with Crippen molar-refractivity contribution in [2.45, 2.75) is 160 Å². The minimum absolute atomic E-state index is 0.0281. The Balaban J connectivity index is 3.97. The average Bonchev–Trinajstić information content (AvgIpc) is 3.06. The minimum atomic E-state index is -1.08. The van der Waals surface area contributed by atoms with Gasteiger partial charge in [-0.25, -0.2) is 0 Å². The SMILES string of the molecule is CC/C=C\C[C@@H](O)/C=C/C=C/C=C\C=C/[C@H](O)[C@@H](O)CCCC(=O)OC[C@H](CO)OC(=O)CCCCCCCCCCCCCCC. The van der Waals surface area contributed by atoms with Crippen LogP contribution in [0.4, 0.5) is 0 Å². The molecule has 0 fully saturated rings. The summed E-state index contributed by atoms with van der Waals surface area (Å²) in [5, 5.41) is 39.6. The summed E-state index contributed by atoms with van der Waals surface area (Å²) < 4.78 is 10.4. The molecule has 0 aliphatic heterocycles. The van der Waals surface area contributed by atoms with Crippen LogP contribution in [-0.4, -0.2) is 70.0 Å². The standard InChI is InChI=1S/C39H66O8/c1-3-5-7-8-9-10-11-12-13-14-15-20-24-30-39(45)47-35(32-40)33-46-38(44)31-25-29-37(43)36(42)28-23-19-17-16-18-22-27-34(41)26-21-6-4-2/h6,16-19,21-23,27-28,34-37,40-43H,3-5,7-15,20,24-26,29-33H2,1-2H3/b18-16+,19-17-,21-6-,27-22+,28-23-/t34-,35+,36+,37+/m1/s1. The Hall–Kier alpha value is -2.52. The van der Waals surface area contributed by atoms with Crippen LogP contribution >= 0.6 is 0 Å². The summed E-state index contributed by atoms with van der Waals surface area (Å²) in [5.74, 6) is -0.927. The van der Waals surface area contributed by atoms with Crippen molar-refractivity contribution in [3.05, 3.63) is 60.8 Å². The van der Waals surface area contributed by atoms with Crippen molar-refractivity contribution in [3.8, 4) is 0 Å². The van der Waals surface area contributed by atoms with Gasteiger partial charge in [-0.2, -0.15) is 0 Å². The summed E-state index contributed by atoms with van der Waals surface area (Å²) in [6.07, 6.45) is 32.3. The molecule has 0 saturated heterocycles. The first-order valence-electron chi connectivity index (χ1n) is 18.2. The zero-order valence-corrected chi connectivity index (χ0v) is 29.4. The molecule has 0 aromatic carbocycles. The number of aliphatic hydroxyl groups is 4. The van der Waals surface area contributed by atoms with E-state index in [4.69, 9.17) is 9.47 Å². The van der Waals surface area contributed by atoms with Crippen LogP contribution in [0.3, 0.4) is 0 Å². The number of carbonyl (C=O) groups is 2. The van der Waals surface area contributed by atoms with Gasteiger partial charge in [0.15, 0.2) is 6.10 Å². The number of rotatable bonds is 31. The first kappa shape index (κ1) is 44.5. The summed E-state index contributed by atoms with van der Waals surface area (Å²) in [6, 6.07) is 0. The summed E-state index contributed by atoms with van der Waals surface area (Å²) in [4.78, 5) is 24.2. The molecule has 0 heterocycles. The van der Waals surface area contributed by atoms with Crippen LogP contribution in [0.5, 0.6) is 0 Å². The molecule has 4 N–H and O–H groups in total. The second-order valence-corrected chi connectivity index (χ2v) is 12.1. The lowest BCUT2D eigenvalue weighted by Crippen LogP contribution is -2.28. The van der Waals surface area contributed by atoms with Gasteiger partial charge in [0.05, 0.1) is 24.9 Å². The molecular formula is C39H66O8. The van der Waals surface area contributed by atoms with Gasteiger partial charge in [0.25, 0.3) is 0 Å². The molecule has 0 spiro atoms. The zero-order valence-electron chi connectivity index (χ0n) is 29.4. The van der Waals surface area contributed by atoms with E-state index in [2.05, 4.69) is 6.92 Å². The molecule has 8 heteroatoms. The maximum atomic E-state index is 12.1. The van der Waals surface area contributed by atoms with E-state index in [9.17, 15) is 30.0 Å². The molecule has 0 amide bonds. The van der Waals surface area contributed by atoms with E-state index in [0.717, 1.165) is 25.7 Å². The maximum Gasteiger partial charge on any atom is 0.306 e. The number of esters is 2. The number of hydrogen-bond acceptors (Lipinski definition) is 8. The Morgan fingerprint density at radius 1 is 0.638 bits per heavy atom. The third kappa shape index (κ3) is 30.6. The van der Waals surface area contributed by atoms with Crippen LogP contribution in [-0.2, 0) is 19.1 Å². The number of hydrogen-bond donors (Lipinski definition) is 4. The van der Waals surface area contributed by atoms with Crippen LogP contribution < -0.4 is 0 Å². The van der Waals surface area contributed by atoms with E-state index in [1.54, 1.807) is 42.5 Å². The fourth-order valence-corrected chi connectivity index (χ4v) is 4.78. The molecule has 0 radical (unpaired) electrons. The van der Waals surface area contributed by atoms with Crippen LogP contribution in [0.2, 0.25) is 0 Å². The molecule has 0 aromatic heterocycles. The van der Waals surface area contributed by atoms with Gasteiger partial charge < -0.3 is 29.9 Å². The zero-order chi connectivity index (χ0) is 34.8. The first-order valence-corrected chi connectivity index (χ1v) is 18.2. The van der Waals surface area contributed by atoms with Crippen LogP contribution in [0.1, 0.15) is 136 Å². The molecule has 0 aromatic rings. The fourth-order valence-electron chi connectivity index (χ4n) is 4.78. The van der Waals surface area contributed by atoms with E-state index in [0.29, 0.717) is 12.8 Å². The summed E-state index contributed by atoms with van der Waals surface area (Å²) in [7, 11) is 0. The van der Waals surface area contributed by atoms with Gasteiger partial charge >= 0.3 is 11.9 Å².